The van der Waals surface area contributed by atoms with Crippen molar-refractivity contribution >= 4 is 35.8 Å². The van der Waals surface area contributed by atoms with Crippen LogP contribution in [0.15, 0.2) is 29.3 Å². The molecule has 2 heterocycles. The van der Waals surface area contributed by atoms with E-state index in [1.54, 1.807) is 6.92 Å². The highest BCUT2D eigenvalue weighted by Crippen LogP contribution is 2.14. The second-order valence-electron chi connectivity index (χ2n) is 7.46. The fraction of sp³-hybridized carbons (Fsp3) is 0.619. The molecule has 0 unspecified atom stereocenters. The highest BCUT2D eigenvalue weighted by Gasteiger charge is 2.20. The third-order valence-corrected chi connectivity index (χ3v) is 5.40. The van der Waals surface area contributed by atoms with Crippen LogP contribution in [0.3, 0.4) is 0 Å². The molecule has 2 fully saturated rings. The summed E-state index contributed by atoms with van der Waals surface area (Å²) >= 11 is 0. The van der Waals surface area contributed by atoms with Crippen molar-refractivity contribution in [1.29, 1.82) is 0 Å². The Hall–Kier alpha value is -1.35. The molecule has 28 heavy (non-hydrogen) atoms. The van der Waals surface area contributed by atoms with Gasteiger partial charge in [0.2, 0.25) is 5.91 Å². The van der Waals surface area contributed by atoms with E-state index in [4.69, 9.17) is 4.99 Å². The molecule has 6 nitrogen and oxygen atoms in total. The Labute approximate surface area is 186 Å². The molecular formula is C21H34IN5O. The summed E-state index contributed by atoms with van der Waals surface area (Å²) in [6.07, 6.45) is 2.67. The molecule has 7 heteroatoms. The number of benzene rings is 1. The van der Waals surface area contributed by atoms with Crippen molar-refractivity contribution in [3.05, 3.63) is 35.4 Å². The first-order valence-corrected chi connectivity index (χ1v) is 10.2. The van der Waals surface area contributed by atoms with Gasteiger partial charge in [0.05, 0.1) is 6.54 Å². The Balaban J connectivity index is 0.00000280. The number of nitrogens with one attached hydrogen (secondary N) is 1. The smallest absolute Gasteiger partial charge is 0.219 e. The van der Waals surface area contributed by atoms with E-state index in [-0.39, 0.29) is 29.9 Å². The summed E-state index contributed by atoms with van der Waals surface area (Å²) in [4.78, 5) is 23.0. The lowest BCUT2D eigenvalue weighted by Gasteiger charge is -2.36. The quantitative estimate of drug-likeness (QED) is 0.385. The molecule has 0 aromatic heterocycles. The van der Waals surface area contributed by atoms with Gasteiger partial charge in [0, 0.05) is 46.2 Å². The van der Waals surface area contributed by atoms with Crippen molar-refractivity contribution in [1.82, 2.24) is 20.0 Å². The van der Waals surface area contributed by atoms with E-state index in [2.05, 4.69) is 46.3 Å². The van der Waals surface area contributed by atoms with Crippen molar-refractivity contribution in [3.63, 3.8) is 0 Å². The van der Waals surface area contributed by atoms with Crippen molar-refractivity contribution in [3.8, 4) is 0 Å². The molecular weight excluding hydrogens is 465 g/mol. The first-order chi connectivity index (χ1) is 13.2. The summed E-state index contributed by atoms with van der Waals surface area (Å²) in [6, 6.07) is 8.88. The average molecular weight is 499 g/mol. The van der Waals surface area contributed by atoms with Gasteiger partial charge in [-0.3, -0.25) is 9.69 Å². The number of amides is 1. The molecule has 3 rings (SSSR count). The second-order valence-corrected chi connectivity index (χ2v) is 7.46. The van der Waals surface area contributed by atoms with Crippen LogP contribution in [0, 0.1) is 0 Å². The number of likely N-dealkylation sites (tertiary alicyclic amines) is 1. The van der Waals surface area contributed by atoms with Gasteiger partial charge >= 0.3 is 0 Å². The number of aliphatic imine (C=N–C) groups is 1. The van der Waals surface area contributed by atoms with Crippen LogP contribution in [-0.2, 0) is 17.9 Å². The van der Waals surface area contributed by atoms with Gasteiger partial charge in [0.15, 0.2) is 5.96 Å². The van der Waals surface area contributed by atoms with E-state index in [0.717, 1.165) is 45.2 Å². The minimum absolute atomic E-state index is 0. The van der Waals surface area contributed by atoms with E-state index in [0.29, 0.717) is 6.54 Å². The van der Waals surface area contributed by atoms with E-state index in [1.165, 1.54) is 37.1 Å². The third kappa shape index (κ3) is 6.62. The number of nitrogens with zero attached hydrogens (tertiary/aromatic N) is 4. The number of carbonyl (C=O) groups excluding carboxylic acids is 1. The Morgan fingerprint density at radius 3 is 2.11 bits per heavy atom. The summed E-state index contributed by atoms with van der Waals surface area (Å²) in [7, 11) is 0. The zero-order chi connectivity index (χ0) is 19.1. The van der Waals surface area contributed by atoms with Crippen LogP contribution in [0.4, 0.5) is 0 Å². The zero-order valence-electron chi connectivity index (χ0n) is 17.2. The summed E-state index contributed by atoms with van der Waals surface area (Å²) in [5.41, 5.74) is 2.62. The summed E-state index contributed by atoms with van der Waals surface area (Å²) in [5, 5.41) is 3.39. The maximum Gasteiger partial charge on any atom is 0.219 e. The van der Waals surface area contributed by atoms with Gasteiger partial charge < -0.3 is 15.1 Å². The van der Waals surface area contributed by atoms with Crippen LogP contribution < -0.4 is 5.32 Å². The van der Waals surface area contributed by atoms with E-state index in [1.807, 2.05) is 4.90 Å². The van der Waals surface area contributed by atoms with Crippen molar-refractivity contribution < 1.29 is 4.79 Å². The number of piperazine rings is 1. The lowest BCUT2D eigenvalue weighted by atomic mass is 10.1. The topological polar surface area (TPSA) is 51.2 Å². The number of halogens is 1. The van der Waals surface area contributed by atoms with Gasteiger partial charge in [0.1, 0.15) is 0 Å². The van der Waals surface area contributed by atoms with Gasteiger partial charge in [-0.05, 0) is 44.0 Å². The van der Waals surface area contributed by atoms with E-state index < -0.39 is 0 Å². The molecule has 0 bridgehead atoms. The Morgan fingerprint density at radius 2 is 1.54 bits per heavy atom. The monoisotopic (exact) mass is 499 g/mol. The zero-order valence-corrected chi connectivity index (χ0v) is 19.5. The number of hydrogen-bond donors (Lipinski definition) is 1. The molecule has 0 aliphatic carbocycles. The first-order valence-electron chi connectivity index (χ1n) is 10.2. The van der Waals surface area contributed by atoms with E-state index >= 15 is 0 Å². The predicted molar refractivity (Wildman–Crippen MR) is 125 cm³/mol. The van der Waals surface area contributed by atoms with Gasteiger partial charge in [-0.25, -0.2) is 4.99 Å². The molecule has 156 valence electrons. The highest BCUT2D eigenvalue weighted by atomic mass is 127. The molecule has 2 saturated heterocycles. The molecule has 1 amide bonds. The molecule has 1 N–H and O–H groups in total. The fourth-order valence-electron chi connectivity index (χ4n) is 3.77. The summed E-state index contributed by atoms with van der Waals surface area (Å²) < 4.78 is 0. The summed E-state index contributed by atoms with van der Waals surface area (Å²) in [5.74, 6) is 1.10. The van der Waals surface area contributed by atoms with Crippen LogP contribution in [0.1, 0.15) is 37.8 Å². The first kappa shape index (κ1) is 22.9. The van der Waals surface area contributed by atoms with Gasteiger partial charge in [-0.15, -0.1) is 24.0 Å². The second kappa shape index (κ2) is 11.6. The summed E-state index contributed by atoms with van der Waals surface area (Å²) in [6.45, 7) is 12.0. The largest absolute Gasteiger partial charge is 0.357 e. The molecule has 0 atom stereocenters. The molecule has 2 aliphatic heterocycles. The molecule has 0 radical (unpaired) electrons. The van der Waals surface area contributed by atoms with Crippen molar-refractivity contribution in [2.45, 2.75) is 39.8 Å². The van der Waals surface area contributed by atoms with Crippen LogP contribution in [0.2, 0.25) is 0 Å². The number of guanidine groups is 1. The maximum absolute atomic E-state index is 11.5. The lowest BCUT2D eigenvalue weighted by molar-refractivity contribution is -0.130. The highest BCUT2D eigenvalue weighted by molar-refractivity contribution is 14.0. The molecule has 2 aliphatic rings. The van der Waals surface area contributed by atoms with Crippen LogP contribution >= 0.6 is 24.0 Å². The SMILES string of the molecule is CCNC(=NCc1ccc(CN2CCCC2)cc1)N1CCN(C(C)=O)CC1.I. The normalized spacial score (nSPS) is 18.1. The Kier molecular flexibility index (Phi) is 9.50. The van der Waals surface area contributed by atoms with Crippen LogP contribution in [0.5, 0.6) is 0 Å². The van der Waals surface area contributed by atoms with Gasteiger partial charge in [-0.2, -0.15) is 0 Å². The predicted octanol–water partition coefficient (Wildman–Crippen LogP) is 2.53. The maximum atomic E-state index is 11.5. The fourth-order valence-corrected chi connectivity index (χ4v) is 3.77. The lowest BCUT2D eigenvalue weighted by Crippen LogP contribution is -2.53. The average Bonchev–Trinajstić information content (AvgIpc) is 3.19. The molecule has 0 saturated carbocycles. The molecule has 1 aromatic rings. The van der Waals surface area contributed by atoms with Gasteiger partial charge in [-0.1, -0.05) is 24.3 Å². The van der Waals surface area contributed by atoms with Gasteiger partial charge in [0.25, 0.3) is 0 Å². The van der Waals surface area contributed by atoms with Crippen molar-refractivity contribution in [2.24, 2.45) is 4.99 Å². The van der Waals surface area contributed by atoms with E-state index in [9.17, 15) is 4.79 Å². The van der Waals surface area contributed by atoms with Crippen LogP contribution in [0.25, 0.3) is 0 Å². The molecule has 1 aromatic carbocycles. The Morgan fingerprint density at radius 1 is 0.964 bits per heavy atom. The minimum Gasteiger partial charge on any atom is -0.357 e. The standard InChI is InChI=1S/C21H33N5O.HI/c1-3-22-21(26-14-12-25(13-15-26)18(2)27)23-16-19-6-8-20(9-7-19)17-24-10-4-5-11-24;/h6-9H,3-5,10-17H2,1-2H3,(H,22,23);1H. The van der Waals surface area contributed by atoms with Crippen LogP contribution in [-0.4, -0.2) is 72.4 Å². The number of hydrogen-bond acceptors (Lipinski definition) is 3. The third-order valence-electron chi connectivity index (χ3n) is 5.40. The molecule has 0 spiro atoms. The van der Waals surface area contributed by atoms with Crippen molar-refractivity contribution in [2.75, 3.05) is 45.8 Å². The number of carbonyl (C=O) groups is 1. The minimum atomic E-state index is 0. The Bertz CT molecular complexity index is 635. The number of rotatable bonds is 5.